The summed E-state index contributed by atoms with van der Waals surface area (Å²) in [6.45, 7) is 3.80. The molecule has 0 aliphatic rings. The van der Waals surface area contributed by atoms with Crippen LogP contribution in [0.2, 0.25) is 0 Å². The average Bonchev–Trinajstić information content (AvgIpc) is 2.88. The Morgan fingerprint density at radius 3 is 2.35 bits per heavy atom. The lowest BCUT2D eigenvalue weighted by molar-refractivity contribution is -0.140. The quantitative estimate of drug-likeness (QED) is 0.308. The van der Waals surface area contributed by atoms with E-state index in [9.17, 15) is 19.8 Å². The van der Waals surface area contributed by atoms with Crippen molar-refractivity contribution in [3.05, 3.63) is 82.2 Å². The second-order valence-electron chi connectivity index (χ2n) is 8.81. The highest BCUT2D eigenvalue weighted by Crippen LogP contribution is 2.42. The lowest BCUT2D eigenvalue weighted by atomic mass is 9.86. The van der Waals surface area contributed by atoms with Crippen LogP contribution in [0.15, 0.2) is 70.1 Å². The molecule has 1 heterocycles. The number of carbonyl (C=O) groups is 1. The lowest BCUT2D eigenvalue weighted by Crippen LogP contribution is -2.13. The van der Waals surface area contributed by atoms with Crippen molar-refractivity contribution in [3.63, 3.8) is 0 Å². The summed E-state index contributed by atoms with van der Waals surface area (Å²) in [7, 11) is 2.80. The summed E-state index contributed by atoms with van der Waals surface area (Å²) in [5.74, 6) is -0.302. The molecule has 0 aliphatic heterocycles. The Morgan fingerprint density at radius 2 is 1.70 bits per heavy atom. The lowest BCUT2D eigenvalue weighted by Gasteiger charge is -2.21. The highest BCUT2D eigenvalue weighted by Gasteiger charge is 2.27. The van der Waals surface area contributed by atoms with Gasteiger partial charge in [0.1, 0.15) is 23.3 Å². The van der Waals surface area contributed by atoms with Gasteiger partial charge in [-0.3, -0.25) is 9.59 Å². The summed E-state index contributed by atoms with van der Waals surface area (Å²) in [5.41, 5.74) is 1.61. The van der Waals surface area contributed by atoms with Crippen molar-refractivity contribution in [1.82, 2.24) is 0 Å². The summed E-state index contributed by atoms with van der Waals surface area (Å²) in [6.07, 6.45) is 1.11. The largest absolute Gasteiger partial charge is 0.508 e. The first-order chi connectivity index (χ1) is 17.7. The van der Waals surface area contributed by atoms with Gasteiger partial charge in [0.2, 0.25) is 5.43 Å². The van der Waals surface area contributed by atoms with Gasteiger partial charge in [0.25, 0.3) is 0 Å². The smallest absolute Gasteiger partial charge is 0.306 e. The Morgan fingerprint density at radius 1 is 0.973 bits per heavy atom. The Balaban J connectivity index is 1.91. The molecule has 4 aromatic rings. The van der Waals surface area contributed by atoms with Gasteiger partial charge in [0.05, 0.1) is 37.7 Å². The molecule has 8 heteroatoms. The van der Waals surface area contributed by atoms with E-state index in [0.717, 1.165) is 0 Å². The molecule has 192 valence electrons. The number of benzene rings is 3. The van der Waals surface area contributed by atoms with Gasteiger partial charge in [0.15, 0.2) is 11.5 Å². The van der Waals surface area contributed by atoms with Crippen LogP contribution in [0.1, 0.15) is 37.3 Å². The Labute approximate surface area is 213 Å². The second-order valence-corrected chi connectivity index (χ2v) is 8.81. The number of carbonyl (C=O) groups excluding carboxylic acids is 1. The number of methoxy groups -OCH3 is 2. The zero-order valence-corrected chi connectivity index (χ0v) is 21.0. The number of hydrogen-bond acceptors (Lipinski definition) is 8. The van der Waals surface area contributed by atoms with Crippen LogP contribution in [-0.4, -0.2) is 36.5 Å². The number of aromatic hydroxyl groups is 2. The van der Waals surface area contributed by atoms with Gasteiger partial charge in [-0.1, -0.05) is 18.2 Å². The molecular weight excluding hydrogens is 476 g/mol. The fourth-order valence-corrected chi connectivity index (χ4v) is 4.28. The zero-order chi connectivity index (χ0) is 26.7. The molecule has 0 radical (unpaired) electrons. The molecule has 4 rings (SSSR count). The standard InChI is InChI=1S/C29H28O8/c1-16(2)37-24-12-7-18(13-25(24)34-3)21(14-26(32)35-4)27-23(31)11-10-20-28(33)22(15-36-29(20)27)17-5-8-19(30)9-6-17/h5-13,15-16,21,30-31H,14H2,1-4H3. The maximum atomic E-state index is 13.4. The Hall–Kier alpha value is -4.46. The van der Waals surface area contributed by atoms with Gasteiger partial charge in [-0.05, 0) is 61.4 Å². The van der Waals surface area contributed by atoms with E-state index in [1.807, 2.05) is 13.8 Å². The number of phenolic OH excluding ortho intramolecular Hbond substituents is 2. The van der Waals surface area contributed by atoms with Crippen molar-refractivity contribution in [1.29, 1.82) is 0 Å². The third kappa shape index (κ3) is 5.23. The van der Waals surface area contributed by atoms with Crippen LogP contribution < -0.4 is 14.9 Å². The highest BCUT2D eigenvalue weighted by molar-refractivity contribution is 5.87. The maximum absolute atomic E-state index is 13.4. The minimum Gasteiger partial charge on any atom is -0.508 e. The predicted molar refractivity (Wildman–Crippen MR) is 138 cm³/mol. The fourth-order valence-electron chi connectivity index (χ4n) is 4.28. The molecule has 0 bridgehead atoms. The van der Waals surface area contributed by atoms with Crippen molar-refractivity contribution in [2.24, 2.45) is 0 Å². The third-order valence-corrected chi connectivity index (χ3v) is 6.03. The van der Waals surface area contributed by atoms with Gasteiger partial charge >= 0.3 is 5.97 Å². The van der Waals surface area contributed by atoms with Gasteiger partial charge in [-0.25, -0.2) is 0 Å². The Kier molecular flexibility index (Phi) is 7.38. The van der Waals surface area contributed by atoms with E-state index in [-0.39, 0.29) is 46.0 Å². The first kappa shape index (κ1) is 25.6. The van der Waals surface area contributed by atoms with Gasteiger partial charge in [-0.2, -0.15) is 0 Å². The van der Waals surface area contributed by atoms with Crippen LogP contribution in [0.25, 0.3) is 22.1 Å². The van der Waals surface area contributed by atoms with E-state index in [2.05, 4.69) is 0 Å². The summed E-state index contributed by atoms with van der Waals surface area (Å²) in [5, 5.41) is 20.8. The molecule has 8 nitrogen and oxygen atoms in total. The van der Waals surface area contributed by atoms with Crippen LogP contribution in [0.5, 0.6) is 23.0 Å². The van der Waals surface area contributed by atoms with Crippen molar-refractivity contribution in [2.75, 3.05) is 14.2 Å². The second kappa shape index (κ2) is 10.7. The number of hydrogen-bond donors (Lipinski definition) is 2. The van der Waals surface area contributed by atoms with Crippen LogP contribution in [-0.2, 0) is 9.53 Å². The molecule has 37 heavy (non-hydrogen) atoms. The number of fused-ring (bicyclic) bond motifs is 1. The first-order valence-electron chi connectivity index (χ1n) is 11.7. The molecule has 2 N–H and O–H groups in total. The van der Waals surface area contributed by atoms with E-state index in [1.54, 1.807) is 30.3 Å². The Bertz CT molecular complexity index is 1480. The number of esters is 1. The molecule has 0 fully saturated rings. The number of phenols is 2. The molecule has 0 aliphatic carbocycles. The van der Waals surface area contributed by atoms with Crippen molar-refractivity contribution >= 4 is 16.9 Å². The van der Waals surface area contributed by atoms with Crippen LogP contribution in [0, 0.1) is 0 Å². The zero-order valence-electron chi connectivity index (χ0n) is 21.0. The van der Waals surface area contributed by atoms with E-state index in [4.69, 9.17) is 18.6 Å². The van der Waals surface area contributed by atoms with Gasteiger partial charge in [-0.15, -0.1) is 0 Å². The van der Waals surface area contributed by atoms with E-state index in [1.165, 1.54) is 44.7 Å². The van der Waals surface area contributed by atoms with E-state index >= 15 is 0 Å². The van der Waals surface area contributed by atoms with Crippen LogP contribution >= 0.6 is 0 Å². The molecule has 1 unspecified atom stereocenters. The highest BCUT2D eigenvalue weighted by atomic mass is 16.5. The normalized spacial score (nSPS) is 11.9. The summed E-state index contributed by atoms with van der Waals surface area (Å²) in [6, 6.07) is 14.3. The van der Waals surface area contributed by atoms with Crippen LogP contribution in [0.4, 0.5) is 0 Å². The van der Waals surface area contributed by atoms with Crippen molar-refractivity contribution in [2.45, 2.75) is 32.3 Å². The van der Waals surface area contributed by atoms with E-state index in [0.29, 0.717) is 28.2 Å². The average molecular weight is 505 g/mol. The van der Waals surface area contributed by atoms with Crippen LogP contribution in [0.3, 0.4) is 0 Å². The molecule has 3 aromatic carbocycles. The molecule has 0 saturated carbocycles. The fraction of sp³-hybridized carbons (Fsp3) is 0.241. The van der Waals surface area contributed by atoms with E-state index < -0.39 is 11.9 Å². The molecule has 1 aromatic heterocycles. The summed E-state index contributed by atoms with van der Waals surface area (Å²) >= 11 is 0. The summed E-state index contributed by atoms with van der Waals surface area (Å²) in [4.78, 5) is 25.9. The molecule has 1 atom stereocenters. The topological polar surface area (TPSA) is 115 Å². The SMILES string of the molecule is COC(=O)CC(c1ccc(OC(C)C)c(OC)c1)c1c(O)ccc2c(=O)c(-c3ccc(O)cc3)coc12. The monoisotopic (exact) mass is 504 g/mol. The minimum absolute atomic E-state index is 0.0760. The predicted octanol–water partition coefficient (Wildman–Crippen LogP) is 5.36. The minimum atomic E-state index is -0.721. The van der Waals surface area contributed by atoms with Gasteiger partial charge in [0, 0.05) is 11.5 Å². The molecule has 0 spiro atoms. The number of ether oxygens (including phenoxy) is 3. The summed E-state index contributed by atoms with van der Waals surface area (Å²) < 4.78 is 22.2. The number of rotatable bonds is 8. The molecular formula is C29H28O8. The van der Waals surface area contributed by atoms with Crippen molar-refractivity contribution < 1.29 is 33.6 Å². The molecule has 0 amide bonds. The van der Waals surface area contributed by atoms with Crippen molar-refractivity contribution in [3.8, 4) is 34.1 Å². The van der Waals surface area contributed by atoms with Gasteiger partial charge < -0.3 is 28.8 Å². The molecule has 0 saturated heterocycles. The maximum Gasteiger partial charge on any atom is 0.306 e. The first-order valence-corrected chi connectivity index (χ1v) is 11.7. The third-order valence-electron chi connectivity index (χ3n) is 6.03.